The predicted molar refractivity (Wildman–Crippen MR) is 350 cm³/mol. The molecular weight excluding hydrogens is 1160 g/mol. The molecule has 0 aliphatic heterocycles. The van der Waals surface area contributed by atoms with Crippen LogP contribution >= 0.6 is 0 Å². The van der Waals surface area contributed by atoms with Crippen molar-refractivity contribution in [1.29, 1.82) is 0 Å². The normalized spacial score (nSPS) is 11.8. The van der Waals surface area contributed by atoms with E-state index in [1.807, 2.05) is 36.4 Å². The molecule has 0 bridgehead atoms. The first-order valence-electron chi connectivity index (χ1n) is 34.0. The average Bonchev–Trinajstić information content (AvgIpc) is 3.61. The molecule has 0 atom stereocenters. The smallest absolute Gasteiger partial charge is 0.744 e. The largest absolute Gasteiger partial charge is 2.00 e. The Hall–Kier alpha value is -1.21. The van der Waals surface area contributed by atoms with E-state index in [4.69, 9.17) is 0 Å². The summed E-state index contributed by atoms with van der Waals surface area (Å²) in [6, 6.07) is 19.3. The van der Waals surface area contributed by atoms with Crippen molar-refractivity contribution in [2.45, 2.75) is 346 Å². The fraction of sp³-hybridized carbons (Fsp3) is 0.722. The molecule has 0 spiro atoms. The van der Waals surface area contributed by atoms with E-state index in [0.29, 0.717) is 12.8 Å². The third kappa shape index (κ3) is 34.1. The van der Waals surface area contributed by atoms with Crippen molar-refractivity contribution in [3.8, 4) is 0 Å². The van der Waals surface area contributed by atoms with Crippen LogP contribution in [0.2, 0.25) is 0 Å². The summed E-state index contributed by atoms with van der Waals surface area (Å²) in [5.74, 6) is 0. The van der Waals surface area contributed by atoms with E-state index in [1.54, 1.807) is 12.1 Å². The molecule has 0 aliphatic rings. The summed E-state index contributed by atoms with van der Waals surface area (Å²) in [6.07, 6.45) is 59.2. The molecule has 0 heterocycles. The second-order valence-electron chi connectivity index (χ2n) is 24.2. The summed E-state index contributed by atoms with van der Waals surface area (Å²) in [6.45, 7) is 9.05. The Balaban J connectivity index is 0.000000547. The molecule has 4 rings (SSSR count). The second-order valence-corrected chi connectivity index (χ2v) is 26.9. The molecule has 0 amide bonds. The van der Waals surface area contributed by atoms with Gasteiger partial charge in [0.1, 0.15) is 20.2 Å². The van der Waals surface area contributed by atoms with Crippen LogP contribution in [-0.4, -0.2) is 74.8 Å². The first kappa shape index (κ1) is 75.9. The minimum absolute atomic E-state index is 0. The number of fused-ring (bicyclic) bond motifs is 2. The zero-order valence-corrected chi connectivity index (χ0v) is 58.8. The fourth-order valence-corrected chi connectivity index (χ4v) is 13.9. The Labute approximate surface area is 540 Å². The van der Waals surface area contributed by atoms with Gasteiger partial charge in [0.2, 0.25) is 0 Å². The van der Waals surface area contributed by atoms with Gasteiger partial charge < -0.3 is 9.11 Å². The van der Waals surface area contributed by atoms with E-state index in [9.17, 15) is 25.9 Å². The minimum atomic E-state index is -4.52. The van der Waals surface area contributed by atoms with Crippen LogP contribution < -0.4 is 0 Å². The predicted octanol–water partition coefficient (Wildman–Crippen LogP) is 22.5. The van der Waals surface area contributed by atoms with E-state index in [0.717, 1.165) is 108 Å². The van der Waals surface area contributed by atoms with Gasteiger partial charge in [0.15, 0.2) is 0 Å². The molecule has 4 aromatic carbocycles. The number of benzene rings is 4. The van der Waals surface area contributed by atoms with Gasteiger partial charge in [-0.1, -0.05) is 333 Å². The Morgan fingerprint density at radius 2 is 0.457 bits per heavy atom. The second kappa shape index (κ2) is 48.9. The van der Waals surface area contributed by atoms with Crippen molar-refractivity contribution >= 4 is 90.7 Å². The minimum Gasteiger partial charge on any atom is -0.744 e. The molecule has 0 aromatic heterocycles. The topological polar surface area (TPSA) is 114 Å². The van der Waals surface area contributed by atoms with Gasteiger partial charge in [-0.3, -0.25) is 0 Å². The van der Waals surface area contributed by atoms with Crippen LogP contribution in [0.1, 0.15) is 332 Å². The molecule has 4 aromatic rings. The Kier molecular flexibility index (Phi) is 45.8. The average molecular weight is 1280 g/mol. The Bertz CT molecular complexity index is 2230. The van der Waals surface area contributed by atoms with Gasteiger partial charge in [0.25, 0.3) is 0 Å². The number of hydrogen-bond donors (Lipinski definition) is 0. The van der Waals surface area contributed by atoms with Gasteiger partial charge in [-0.15, -0.1) is 0 Å². The van der Waals surface area contributed by atoms with Gasteiger partial charge in [-0.2, -0.15) is 0 Å². The van der Waals surface area contributed by atoms with E-state index >= 15 is 0 Å². The Morgan fingerprint density at radius 1 is 0.272 bits per heavy atom. The van der Waals surface area contributed by atoms with Gasteiger partial charge in [-0.25, -0.2) is 16.8 Å². The van der Waals surface area contributed by atoms with E-state index in [2.05, 4.69) is 39.8 Å². The van der Waals surface area contributed by atoms with Crippen LogP contribution in [0.3, 0.4) is 0 Å². The summed E-state index contributed by atoms with van der Waals surface area (Å²) in [5.41, 5.74) is 3.82. The van der Waals surface area contributed by atoms with Crippen LogP contribution in [-0.2, 0) is 45.9 Å². The third-order valence-electron chi connectivity index (χ3n) is 17.1. The van der Waals surface area contributed by atoms with Gasteiger partial charge in [-0.05, 0) is 107 Å². The maximum atomic E-state index is 12.4. The van der Waals surface area contributed by atoms with Crippen LogP contribution in [0, 0.1) is 0 Å². The van der Waals surface area contributed by atoms with E-state index in [-0.39, 0.29) is 58.7 Å². The monoisotopic (exact) mass is 1280 g/mol. The summed E-state index contributed by atoms with van der Waals surface area (Å²) in [5, 5.41) is 4.00. The number of unbranched alkanes of at least 4 members (excludes halogenated alkanes) is 40. The molecule has 0 aliphatic carbocycles. The van der Waals surface area contributed by atoms with Crippen molar-refractivity contribution in [2.75, 3.05) is 0 Å². The standard InChI is InChI=1S/2C36H60O3S.Ba/c2*1-3-5-7-9-11-13-15-17-19-21-23-29-34-33-28-26-25-27-32(33)31-36(40(37,38)39)35(34)30-24-22-20-18-16-14-12-10-8-6-4-2;/h2*25-28,31H,3-24,29-30H2,1-2H3,(H,37,38,39);/q;;+2/p-2. The molecule has 9 heteroatoms. The Morgan fingerprint density at radius 3 is 0.667 bits per heavy atom. The summed E-state index contributed by atoms with van der Waals surface area (Å²) < 4.78 is 74.1. The molecule has 0 N–H and O–H groups in total. The molecule has 0 unspecified atom stereocenters. The van der Waals surface area contributed by atoms with Crippen LogP contribution in [0.4, 0.5) is 0 Å². The molecule has 6 nitrogen and oxygen atoms in total. The van der Waals surface area contributed by atoms with Gasteiger partial charge in [0, 0.05) is 0 Å². The number of aryl methyl sites for hydroxylation is 2. The van der Waals surface area contributed by atoms with Crippen molar-refractivity contribution in [3.05, 3.63) is 82.9 Å². The number of hydrogen-bond acceptors (Lipinski definition) is 6. The zero-order chi connectivity index (χ0) is 57.8. The quantitative estimate of drug-likeness (QED) is 0.0247. The van der Waals surface area contributed by atoms with Gasteiger partial charge in [0.05, 0.1) is 9.79 Å². The molecule has 0 saturated carbocycles. The van der Waals surface area contributed by atoms with E-state index < -0.39 is 20.2 Å². The molecule has 0 saturated heterocycles. The van der Waals surface area contributed by atoms with E-state index in [1.165, 1.54) is 231 Å². The molecule has 0 radical (unpaired) electrons. The summed E-state index contributed by atoms with van der Waals surface area (Å²) in [4.78, 5) is 0.0488. The van der Waals surface area contributed by atoms with Crippen LogP contribution in [0.15, 0.2) is 70.5 Å². The van der Waals surface area contributed by atoms with Gasteiger partial charge >= 0.3 is 48.9 Å². The molecule has 456 valence electrons. The van der Waals surface area contributed by atoms with Crippen molar-refractivity contribution in [1.82, 2.24) is 0 Å². The van der Waals surface area contributed by atoms with Crippen molar-refractivity contribution < 1.29 is 25.9 Å². The first-order chi connectivity index (χ1) is 39.0. The fourth-order valence-electron chi connectivity index (χ4n) is 12.3. The molecular formula is C72H118BaO6S2. The maximum Gasteiger partial charge on any atom is 2.00 e. The summed E-state index contributed by atoms with van der Waals surface area (Å²) in [7, 11) is -9.03. The summed E-state index contributed by atoms with van der Waals surface area (Å²) >= 11 is 0. The maximum absolute atomic E-state index is 12.4. The SMILES string of the molecule is CCCCCCCCCCCCCc1c(S(=O)(=O)[O-])cc2ccccc2c1CCCCCCCCCCCCC.CCCCCCCCCCCCCc1c(S(=O)(=O)[O-])cc2ccccc2c1CCCCCCCCCCCCC.[Ba+2]. The zero-order valence-electron chi connectivity index (χ0n) is 52.7. The number of rotatable bonds is 50. The van der Waals surface area contributed by atoms with Crippen LogP contribution in [0.25, 0.3) is 21.5 Å². The van der Waals surface area contributed by atoms with Crippen molar-refractivity contribution in [3.63, 3.8) is 0 Å². The first-order valence-corrected chi connectivity index (χ1v) is 36.8. The van der Waals surface area contributed by atoms with Crippen molar-refractivity contribution in [2.24, 2.45) is 0 Å². The molecule has 0 fully saturated rings. The van der Waals surface area contributed by atoms with Crippen LogP contribution in [0.5, 0.6) is 0 Å². The molecule has 81 heavy (non-hydrogen) atoms. The third-order valence-corrected chi connectivity index (χ3v) is 18.9.